The van der Waals surface area contributed by atoms with Crippen LogP contribution >= 0.6 is 22.7 Å². The molecule has 27 heavy (non-hydrogen) atoms. The van der Waals surface area contributed by atoms with Crippen molar-refractivity contribution in [2.75, 3.05) is 19.5 Å². The molecule has 0 fully saturated rings. The molecule has 0 saturated carbocycles. The molecule has 0 saturated heterocycles. The maximum Gasteiger partial charge on any atom is 0.261 e. The number of methoxy groups -OCH3 is 2. The lowest BCUT2D eigenvalue weighted by Gasteiger charge is -2.09. The summed E-state index contributed by atoms with van der Waals surface area (Å²) in [5.74, 6) is 0.738. The van der Waals surface area contributed by atoms with E-state index >= 15 is 0 Å². The Kier molecular flexibility index (Phi) is 4.74. The summed E-state index contributed by atoms with van der Waals surface area (Å²) in [6, 6.07) is 13.0. The van der Waals surface area contributed by atoms with E-state index < -0.39 is 0 Å². The molecule has 0 radical (unpaired) electrons. The molecule has 1 amide bonds. The first-order valence-corrected chi connectivity index (χ1v) is 9.72. The summed E-state index contributed by atoms with van der Waals surface area (Å²) in [5.41, 5.74) is 2.07. The van der Waals surface area contributed by atoms with Crippen LogP contribution in [0.2, 0.25) is 0 Å². The van der Waals surface area contributed by atoms with Crippen LogP contribution in [0.25, 0.3) is 20.9 Å². The van der Waals surface area contributed by atoms with Gasteiger partial charge in [0.1, 0.15) is 22.2 Å². The Morgan fingerprint density at radius 2 is 1.93 bits per heavy atom. The maximum absolute atomic E-state index is 12.7. The number of rotatable bonds is 5. The molecule has 0 atom stereocenters. The molecule has 8 heteroatoms. The second kappa shape index (κ2) is 7.34. The molecule has 0 spiro atoms. The molecule has 4 aromatic rings. The molecule has 4 rings (SSSR count). The van der Waals surface area contributed by atoms with Crippen molar-refractivity contribution in [1.29, 1.82) is 0 Å². The highest BCUT2D eigenvalue weighted by Crippen LogP contribution is 2.32. The van der Waals surface area contributed by atoms with E-state index in [1.165, 1.54) is 18.4 Å². The van der Waals surface area contributed by atoms with Crippen LogP contribution in [0.5, 0.6) is 11.5 Å². The van der Waals surface area contributed by atoms with E-state index in [9.17, 15) is 4.79 Å². The van der Waals surface area contributed by atoms with E-state index in [1.807, 2.05) is 29.6 Å². The molecule has 0 unspecified atom stereocenters. The molecular formula is C19H15N3O3S2. The lowest BCUT2D eigenvalue weighted by Crippen LogP contribution is -2.13. The number of aromatic nitrogens is 2. The van der Waals surface area contributed by atoms with Gasteiger partial charge >= 0.3 is 0 Å². The minimum absolute atomic E-state index is 0.309. The molecular weight excluding hydrogens is 382 g/mol. The van der Waals surface area contributed by atoms with Gasteiger partial charge in [-0.3, -0.25) is 10.1 Å². The van der Waals surface area contributed by atoms with Crippen LogP contribution in [0.1, 0.15) is 10.4 Å². The Labute approximate surface area is 163 Å². The number of carbonyl (C=O) groups is 1. The van der Waals surface area contributed by atoms with Crippen molar-refractivity contribution in [3.05, 3.63) is 53.4 Å². The predicted molar refractivity (Wildman–Crippen MR) is 108 cm³/mol. The number of amides is 1. The van der Waals surface area contributed by atoms with Gasteiger partial charge in [0.15, 0.2) is 5.13 Å². The number of nitrogens with one attached hydrogen (secondary N) is 1. The number of hydrogen-bond acceptors (Lipinski definition) is 7. The number of benzene rings is 2. The molecule has 0 aliphatic rings. The van der Waals surface area contributed by atoms with Gasteiger partial charge in [-0.1, -0.05) is 12.1 Å². The van der Waals surface area contributed by atoms with Crippen LogP contribution < -0.4 is 14.8 Å². The fourth-order valence-corrected chi connectivity index (χ4v) is 4.26. The normalized spacial score (nSPS) is 10.7. The zero-order valence-electron chi connectivity index (χ0n) is 14.6. The molecule has 1 N–H and O–H groups in total. The smallest absolute Gasteiger partial charge is 0.261 e. The van der Waals surface area contributed by atoms with E-state index in [0.717, 1.165) is 20.9 Å². The number of para-hydroxylation sites is 1. The van der Waals surface area contributed by atoms with Gasteiger partial charge in [0.05, 0.1) is 30.0 Å². The summed E-state index contributed by atoms with van der Waals surface area (Å²) in [6.45, 7) is 0. The van der Waals surface area contributed by atoms with E-state index in [1.54, 1.807) is 36.6 Å². The van der Waals surface area contributed by atoms with Crippen molar-refractivity contribution in [3.63, 3.8) is 0 Å². The standard InChI is InChI=1S/C19H15N3O3S2/c1-24-11-7-8-15(25-2)12(9-11)17(23)22-19-21-14(10-26-19)18-20-13-5-3-4-6-16(13)27-18/h3-10H,1-2H3,(H,21,22,23). The highest BCUT2D eigenvalue weighted by Gasteiger charge is 2.16. The quantitative estimate of drug-likeness (QED) is 0.529. The van der Waals surface area contributed by atoms with Gasteiger partial charge in [0.2, 0.25) is 0 Å². The van der Waals surface area contributed by atoms with E-state index in [4.69, 9.17) is 9.47 Å². The average Bonchev–Trinajstić information content (AvgIpc) is 3.33. The fraction of sp³-hybridized carbons (Fsp3) is 0.105. The van der Waals surface area contributed by atoms with Gasteiger partial charge in [-0.25, -0.2) is 9.97 Å². The number of nitrogens with zero attached hydrogens (tertiary/aromatic N) is 2. The van der Waals surface area contributed by atoms with Gasteiger partial charge in [-0.2, -0.15) is 0 Å². The van der Waals surface area contributed by atoms with Gasteiger partial charge in [0, 0.05) is 5.38 Å². The molecule has 2 heterocycles. The number of thiazole rings is 2. The SMILES string of the molecule is COc1ccc(OC)c(C(=O)Nc2nc(-c3nc4ccccc4s3)cs2)c1. The van der Waals surface area contributed by atoms with Crippen LogP contribution in [0, 0.1) is 0 Å². The van der Waals surface area contributed by atoms with Crippen molar-refractivity contribution >= 4 is 43.9 Å². The Morgan fingerprint density at radius 1 is 1.07 bits per heavy atom. The largest absolute Gasteiger partial charge is 0.497 e. The maximum atomic E-state index is 12.7. The lowest BCUT2D eigenvalue weighted by atomic mass is 10.2. The van der Waals surface area contributed by atoms with Gasteiger partial charge in [-0.15, -0.1) is 22.7 Å². The molecule has 2 aromatic heterocycles. The van der Waals surface area contributed by atoms with Gasteiger partial charge in [-0.05, 0) is 30.3 Å². The second-order valence-corrected chi connectivity index (χ2v) is 7.43. The van der Waals surface area contributed by atoms with Crippen molar-refractivity contribution in [2.24, 2.45) is 0 Å². The van der Waals surface area contributed by atoms with E-state index in [2.05, 4.69) is 15.3 Å². The van der Waals surface area contributed by atoms with Crippen molar-refractivity contribution in [2.45, 2.75) is 0 Å². The summed E-state index contributed by atoms with van der Waals surface area (Å²) >= 11 is 2.93. The van der Waals surface area contributed by atoms with Crippen LogP contribution in [-0.4, -0.2) is 30.1 Å². The highest BCUT2D eigenvalue weighted by molar-refractivity contribution is 7.22. The summed E-state index contributed by atoms with van der Waals surface area (Å²) < 4.78 is 11.6. The topological polar surface area (TPSA) is 73.3 Å². The van der Waals surface area contributed by atoms with Crippen molar-refractivity contribution < 1.29 is 14.3 Å². The molecule has 0 aliphatic carbocycles. The molecule has 136 valence electrons. The van der Waals surface area contributed by atoms with Gasteiger partial charge < -0.3 is 9.47 Å². The third-order valence-corrected chi connectivity index (χ3v) is 5.71. The first kappa shape index (κ1) is 17.4. The molecule has 0 aliphatic heterocycles. The van der Waals surface area contributed by atoms with Crippen molar-refractivity contribution in [3.8, 4) is 22.2 Å². The summed E-state index contributed by atoms with van der Waals surface area (Å²) in [7, 11) is 3.07. The number of anilines is 1. The Hall–Kier alpha value is -2.97. The average molecular weight is 397 g/mol. The van der Waals surface area contributed by atoms with Crippen LogP contribution in [0.15, 0.2) is 47.8 Å². The van der Waals surface area contributed by atoms with Crippen LogP contribution in [0.4, 0.5) is 5.13 Å². The fourth-order valence-electron chi connectivity index (χ4n) is 2.57. The third kappa shape index (κ3) is 3.49. The second-order valence-electron chi connectivity index (χ2n) is 5.54. The number of hydrogen-bond donors (Lipinski definition) is 1. The number of carbonyl (C=O) groups excluding carboxylic acids is 1. The molecule has 2 aromatic carbocycles. The van der Waals surface area contributed by atoms with Crippen molar-refractivity contribution in [1.82, 2.24) is 9.97 Å². The Bertz CT molecular complexity index is 1090. The lowest BCUT2D eigenvalue weighted by molar-refractivity contribution is 0.102. The van der Waals surface area contributed by atoms with Crippen LogP contribution in [-0.2, 0) is 0 Å². The summed E-state index contributed by atoms with van der Waals surface area (Å²) in [6.07, 6.45) is 0. The Balaban J connectivity index is 1.58. The number of ether oxygens (including phenoxy) is 2. The zero-order valence-corrected chi connectivity index (χ0v) is 16.2. The predicted octanol–water partition coefficient (Wildman–Crippen LogP) is 4.69. The first-order chi connectivity index (χ1) is 13.2. The minimum Gasteiger partial charge on any atom is -0.497 e. The molecule has 6 nitrogen and oxygen atoms in total. The number of fused-ring (bicyclic) bond motifs is 1. The summed E-state index contributed by atoms with van der Waals surface area (Å²) in [4.78, 5) is 21.8. The summed E-state index contributed by atoms with van der Waals surface area (Å²) in [5, 5.41) is 6.03. The van der Waals surface area contributed by atoms with Crippen LogP contribution in [0.3, 0.4) is 0 Å². The van der Waals surface area contributed by atoms with E-state index in [0.29, 0.717) is 22.2 Å². The highest BCUT2D eigenvalue weighted by atomic mass is 32.1. The monoisotopic (exact) mass is 397 g/mol. The minimum atomic E-state index is -0.309. The zero-order chi connectivity index (χ0) is 18.8. The van der Waals surface area contributed by atoms with E-state index in [-0.39, 0.29) is 5.91 Å². The third-order valence-electron chi connectivity index (χ3n) is 3.89. The van der Waals surface area contributed by atoms with Gasteiger partial charge in [0.25, 0.3) is 5.91 Å². The molecule has 0 bridgehead atoms. The Morgan fingerprint density at radius 3 is 2.70 bits per heavy atom. The first-order valence-electron chi connectivity index (χ1n) is 8.03.